The summed E-state index contributed by atoms with van der Waals surface area (Å²) in [6.45, 7) is 4.21. The highest BCUT2D eigenvalue weighted by atomic mass is 16.5. The highest BCUT2D eigenvalue weighted by Crippen LogP contribution is 2.36. The van der Waals surface area contributed by atoms with Crippen molar-refractivity contribution in [2.45, 2.75) is 31.9 Å². The molecule has 0 amide bonds. The van der Waals surface area contributed by atoms with Crippen LogP contribution in [-0.2, 0) is 6.42 Å². The SMILES string of the molecule is COc1ccc(C(N)c2ccc3c(c2)CC(C)(C)O3)cc1. The zero-order chi connectivity index (χ0) is 15.0. The fourth-order valence-corrected chi connectivity index (χ4v) is 2.83. The summed E-state index contributed by atoms with van der Waals surface area (Å²) in [6.07, 6.45) is 0.922. The summed E-state index contributed by atoms with van der Waals surface area (Å²) in [5.74, 6) is 1.82. The molecule has 1 unspecified atom stereocenters. The van der Waals surface area contributed by atoms with Crippen LogP contribution in [0.1, 0.15) is 36.6 Å². The first-order valence-corrected chi connectivity index (χ1v) is 7.20. The van der Waals surface area contributed by atoms with E-state index in [9.17, 15) is 0 Å². The van der Waals surface area contributed by atoms with Gasteiger partial charge in [0.2, 0.25) is 0 Å². The average Bonchev–Trinajstić information content (AvgIpc) is 2.79. The maximum atomic E-state index is 6.39. The predicted molar refractivity (Wildman–Crippen MR) is 83.9 cm³/mol. The Morgan fingerprint density at radius 2 is 1.76 bits per heavy atom. The molecule has 3 heteroatoms. The summed E-state index contributed by atoms with van der Waals surface area (Å²) in [5, 5.41) is 0. The van der Waals surface area contributed by atoms with E-state index in [1.807, 2.05) is 30.3 Å². The minimum absolute atomic E-state index is 0.120. The maximum absolute atomic E-state index is 6.39. The molecule has 0 fully saturated rings. The molecule has 0 aliphatic carbocycles. The Bertz CT molecular complexity index is 647. The molecule has 0 radical (unpaired) electrons. The van der Waals surface area contributed by atoms with Gasteiger partial charge in [-0.05, 0) is 48.7 Å². The summed E-state index contributed by atoms with van der Waals surface area (Å²) >= 11 is 0. The van der Waals surface area contributed by atoms with E-state index >= 15 is 0 Å². The molecule has 110 valence electrons. The van der Waals surface area contributed by atoms with Gasteiger partial charge in [-0.3, -0.25) is 0 Å². The molecule has 1 heterocycles. The van der Waals surface area contributed by atoms with Crippen molar-refractivity contribution in [1.29, 1.82) is 0 Å². The van der Waals surface area contributed by atoms with E-state index < -0.39 is 0 Å². The zero-order valence-corrected chi connectivity index (χ0v) is 12.7. The molecule has 0 saturated heterocycles. The van der Waals surface area contributed by atoms with Gasteiger partial charge in [0.1, 0.15) is 17.1 Å². The highest BCUT2D eigenvalue weighted by molar-refractivity contribution is 5.45. The third kappa shape index (κ3) is 2.74. The number of hydrogen-bond acceptors (Lipinski definition) is 3. The first-order valence-electron chi connectivity index (χ1n) is 7.20. The van der Waals surface area contributed by atoms with E-state index in [2.05, 4.69) is 26.0 Å². The topological polar surface area (TPSA) is 44.5 Å². The van der Waals surface area contributed by atoms with Gasteiger partial charge in [-0.2, -0.15) is 0 Å². The van der Waals surface area contributed by atoms with Gasteiger partial charge < -0.3 is 15.2 Å². The minimum atomic E-state index is -0.134. The van der Waals surface area contributed by atoms with Crippen LogP contribution >= 0.6 is 0 Å². The second-order valence-corrected chi connectivity index (χ2v) is 6.16. The van der Waals surface area contributed by atoms with Crippen LogP contribution in [0.3, 0.4) is 0 Å². The van der Waals surface area contributed by atoms with Crippen LogP contribution in [0.25, 0.3) is 0 Å². The number of rotatable bonds is 3. The number of ether oxygens (including phenoxy) is 2. The fraction of sp³-hybridized carbons (Fsp3) is 0.333. The number of methoxy groups -OCH3 is 1. The summed E-state index contributed by atoms with van der Waals surface area (Å²) in [4.78, 5) is 0. The molecule has 3 nitrogen and oxygen atoms in total. The first kappa shape index (κ1) is 14.0. The third-order valence-electron chi connectivity index (χ3n) is 3.92. The molecule has 3 rings (SSSR count). The maximum Gasteiger partial charge on any atom is 0.123 e. The van der Waals surface area contributed by atoms with Gasteiger partial charge in [0, 0.05) is 6.42 Å². The van der Waals surface area contributed by atoms with E-state index in [-0.39, 0.29) is 11.6 Å². The average molecular weight is 283 g/mol. The molecule has 1 aliphatic rings. The molecular formula is C18H21NO2. The Morgan fingerprint density at radius 3 is 2.43 bits per heavy atom. The molecule has 1 atom stereocenters. The van der Waals surface area contributed by atoms with Crippen LogP contribution in [0.15, 0.2) is 42.5 Å². The molecular weight excluding hydrogens is 262 g/mol. The lowest BCUT2D eigenvalue weighted by Crippen LogP contribution is -2.24. The summed E-state index contributed by atoms with van der Waals surface area (Å²) < 4.78 is 11.1. The van der Waals surface area contributed by atoms with Crippen molar-refractivity contribution in [2.24, 2.45) is 5.73 Å². The molecule has 1 aliphatic heterocycles. The predicted octanol–water partition coefficient (Wildman–Crippen LogP) is 3.46. The van der Waals surface area contributed by atoms with Crippen LogP contribution in [0.2, 0.25) is 0 Å². The Balaban J connectivity index is 1.87. The quantitative estimate of drug-likeness (QED) is 0.938. The summed E-state index contributed by atoms with van der Waals surface area (Å²) in [5.41, 5.74) is 9.69. The van der Waals surface area contributed by atoms with Crippen molar-refractivity contribution in [3.63, 3.8) is 0 Å². The second-order valence-electron chi connectivity index (χ2n) is 6.16. The van der Waals surface area contributed by atoms with Crippen molar-refractivity contribution < 1.29 is 9.47 Å². The van der Waals surface area contributed by atoms with Gasteiger partial charge in [0.05, 0.1) is 13.2 Å². The molecule has 0 bridgehead atoms. The lowest BCUT2D eigenvalue weighted by Gasteiger charge is -2.16. The van der Waals surface area contributed by atoms with Gasteiger partial charge in [0.25, 0.3) is 0 Å². The Morgan fingerprint density at radius 1 is 1.10 bits per heavy atom. The summed E-state index contributed by atoms with van der Waals surface area (Å²) in [6, 6.07) is 14.0. The fourth-order valence-electron chi connectivity index (χ4n) is 2.83. The molecule has 2 aromatic carbocycles. The number of hydrogen-bond donors (Lipinski definition) is 1. The Hall–Kier alpha value is -2.00. The number of fused-ring (bicyclic) bond motifs is 1. The van der Waals surface area contributed by atoms with Gasteiger partial charge in [-0.15, -0.1) is 0 Å². The monoisotopic (exact) mass is 283 g/mol. The largest absolute Gasteiger partial charge is 0.497 e. The van der Waals surface area contributed by atoms with Gasteiger partial charge in [0.15, 0.2) is 0 Å². The molecule has 2 N–H and O–H groups in total. The third-order valence-corrected chi connectivity index (χ3v) is 3.92. The van der Waals surface area contributed by atoms with Crippen molar-refractivity contribution in [3.8, 4) is 11.5 Å². The van der Waals surface area contributed by atoms with E-state index in [0.717, 1.165) is 29.0 Å². The smallest absolute Gasteiger partial charge is 0.123 e. The van der Waals surface area contributed by atoms with Crippen molar-refractivity contribution >= 4 is 0 Å². The van der Waals surface area contributed by atoms with Gasteiger partial charge in [-0.25, -0.2) is 0 Å². The lowest BCUT2D eigenvalue weighted by atomic mass is 9.95. The van der Waals surface area contributed by atoms with Gasteiger partial charge >= 0.3 is 0 Å². The molecule has 0 saturated carbocycles. The molecule has 2 aromatic rings. The number of benzene rings is 2. The zero-order valence-electron chi connectivity index (χ0n) is 12.7. The molecule has 21 heavy (non-hydrogen) atoms. The van der Waals surface area contributed by atoms with Gasteiger partial charge in [-0.1, -0.05) is 24.3 Å². The van der Waals surface area contributed by atoms with Crippen molar-refractivity contribution in [2.75, 3.05) is 7.11 Å². The first-order chi connectivity index (χ1) is 9.98. The normalized spacial score (nSPS) is 17.0. The van der Waals surface area contributed by atoms with E-state index in [0.29, 0.717) is 0 Å². The minimum Gasteiger partial charge on any atom is -0.497 e. The summed E-state index contributed by atoms with van der Waals surface area (Å²) in [7, 11) is 1.66. The Kier molecular flexibility index (Phi) is 3.38. The standard InChI is InChI=1S/C18H21NO2/c1-18(2)11-14-10-13(6-9-16(14)21-18)17(19)12-4-7-15(20-3)8-5-12/h4-10,17H,11,19H2,1-3H3. The molecule has 0 spiro atoms. The number of nitrogens with two attached hydrogens (primary N) is 1. The lowest BCUT2D eigenvalue weighted by molar-refractivity contribution is 0.138. The van der Waals surface area contributed by atoms with Crippen LogP contribution in [-0.4, -0.2) is 12.7 Å². The second kappa shape index (κ2) is 5.08. The van der Waals surface area contributed by atoms with E-state index in [4.69, 9.17) is 15.2 Å². The van der Waals surface area contributed by atoms with Crippen LogP contribution in [0.4, 0.5) is 0 Å². The highest BCUT2D eigenvalue weighted by Gasteiger charge is 2.30. The van der Waals surface area contributed by atoms with Crippen molar-refractivity contribution in [3.05, 3.63) is 59.2 Å². The Labute approximate surface area is 125 Å². The van der Waals surface area contributed by atoms with Crippen LogP contribution < -0.4 is 15.2 Å². The molecule has 0 aromatic heterocycles. The van der Waals surface area contributed by atoms with Crippen molar-refractivity contribution in [1.82, 2.24) is 0 Å². The van der Waals surface area contributed by atoms with E-state index in [1.165, 1.54) is 5.56 Å². The van der Waals surface area contributed by atoms with Crippen LogP contribution in [0.5, 0.6) is 11.5 Å². The van der Waals surface area contributed by atoms with E-state index in [1.54, 1.807) is 7.11 Å². The van der Waals surface area contributed by atoms with Crippen LogP contribution in [0, 0.1) is 0 Å².